The second-order valence-electron chi connectivity index (χ2n) is 11.6. The van der Waals surface area contributed by atoms with E-state index in [9.17, 15) is 14.0 Å². The summed E-state index contributed by atoms with van der Waals surface area (Å²) in [5.74, 6) is 1.08. The van der Waals surface area contributed by atoms with Crippen LogP contribution in [-0.4, -0.2) is 84.7 Å². The normalized spacial score (nSPS) is 18.1. The Morgan fingerprint density at radius 2 is 1.73 bits per heavy atom. The van der Waals surface area contributed by atoms with Gasteiger partial charge >= 0.3 is 6.09 Å². The van der Waals surface area contributed by atoms with E-state index >= 15 is 0 Å². The van der Waals surface area contributed by atoms with Crippen LogP contribution in [0.5, 0.6) is 5.75 Å². The number of carbonyl (C=O) groups is 2. The Morgan fingerprint density at radius 1 is 1.05 bits per heavy atom. The smallest absolute Gasteiger partial charge is 0.410 e. The minimum Gasteiger partial charge on any atom is -0.494 e. The molecule has 0 radical (unpaired) electrons. The largest absolute Gasteiger partial charge is 0.494 e. The number of carbonyl (C=O) groups excluding carboxylic acids is 2. The van der Waals surface area contributed by atoms with Crippen LogP contribution in [0.1, 0.15) is 57.6 Å². The van der Waals surface area contributed by atoms with Gasteiger partial charge in [0.05, 0.1) is 19.1 Å². The van der Waals surface area contributed by atoms with Crippen LogP contribution in [0.4, 0.5) is 9.18 Å². The van der Waals surface area contributed by atoms with Crippen LogP contribution in [0.25, 0.3) is 0 Å². The summed E-state index contributed by atoms with van der Waals surface area (Å²) in [4.78, 5) is 32.2. The van der Waals surface area contributed by atoms with Gasteiger partial charge in [-0.2, -0.15) is 0 Å². The van der Waals surface area contributed by atoms with E-state index in [0.29, 0.717) is 45.1 Å². The van der Waals surface area contributed by atoms with Gasteiger partial charge in [0.15, 0.2) is 0 Å². The third-order valence-electron chi connectivity index (χ3n) is 8.28. The molecule has 0 spiro atoms. The van der Waals surface area contributed by atoms with Crippen LogP contribution in [0.3, 0.4) is 0 Å². The predicted octanol–water partition coefficient (Wildman–Crippen LogP) is 5.56. The number of likely N-dealkylation sites (tertiary alicyclic amines) is 1. The van der Waals surface area contributed by atoms with Gasteiger partial charge < -0.3 is 24.2 Å². The van der Waals surface area contributed by atoms with Gasteiger partial charge in [-0.15, -0.1) is 0 Å². The van der Waals surface area contributed by atoms with E-state index < -0.39 is 0 Å². The lowest BCUT2D eigenvalue weighted by Gasteiger charge is -2.39. The Kier molecular flexibility index (Phi) is 11.4. The Labute approximate surface area is 244 Å². The predicted molar refractivity (Wildman–Crippen MR) is 159 cm³/mol. The number of hydrogen-bond acceptors (Lipinski definition) is 5. The number of amides is 2. The molecule has 2 aliphatic heterocycles. The number of rotatable bonds is 14. The number of ether oxygens (including phenoxy) is 2. The van der Waals surface area contributed by atoms with Crippen molar-refractivity contribution in [1.29, 1.82) is 0 Å². The summed E-state index contributed by atoms with van der Waals surface area (Å²) >= 11 is 0. The summed E-state index contributed by atoms with van der Waals surface area (Å²) in [7, 11) is 0. The van der Waals surface area contributed by atoms with Gasteiger partial charge in [-0.3, -0.25) is 4.79 Å². The standard InChI is InChI=1S/C33H46FN3O4/c1-4-22-40-30-12-8-27(9-13-30)23-32(38)36(21-14-26-6-10-28(34)11-7-26)29-15-19-35(20-16-29)17-5-18-37-31(25(2)3)24-41-33(37)39/h6-13,25,29,31H,4-5,14-24H2,1-3H3. The van der Waals surface area contributed by atoms with Crippen molar-refractivity contribution in [2.24, 2.45) is 5.92 Å². The molecule has 0 N–H and O–H groups in total. The van der Waals surface area contributed by atoms with Gasteiger partial charge in [0, 0.05) is 32.2 Å². The molecule has 1 atom stereocenters. The monoisotopic (exact) mass is 567 g/mol. The molecule has 2 aromatic rings. The molecule has 2 aliphatic rings. The molecule has 224 valence electrons. The Hall–Kier alpha value is -3.13. The fourth-order valence-corrected chi connectivity index (χ4v) is 5.80. The summed E-state index contributed by atoms with van der Waals surface area (Å²) in [5, 5.41) is 0. The first-order chi connectivity index (χ1) is 19.8. The number of piperidine rings is 1. The van der Waals surface area contributed by atoms with E-state index in [4.69, 9.17) is 9.47 Å². The number of hydrogen-bond donors (Lipinski definition) is 0. The molecule has 2 amide bonds. The molecule has 0 aromatic heterocycles. The summed E-state index contributed by atoms with van der Waals surface area (Å²) in [6.45, 7) is 11.6. The van der Waals surface area contributed by atoms with Crippen molar-refractivity contribution < 1.29 is 23.5 Å². The van der Waals surface area contributed by atoms with Crippen molar-refractivity contribution in [3.8, 4) is 5.75 Å². The minimum atomic E-state index is -0.248. The highest BCUT2D eigenvalue weighted by atomic mass is 19.1. The lowest BCUT2D eigenvalue weighted by atomic mass is 10.00. The van der Waals surface area contributed by atoms with Crippen LogP contribution < -0.4 is 4.74 Å². The summed E-state index contributed by atoms with van der Waals surface area (Å²) in [5.41, 5.74) is 2.00. The molecule has 2 fully saturated rings. The Morgan fingerprint density at radius 3 is 2.39 bits per heavy atom. The molecular weight excluding hydrogens is 521 g/mol. The maximum Gasteiger partial charge on any atom is 0.410 e. The van der Waals surface area contributed by atoms with Crippen LogP contribution in [-0.2, 0) is 22.4 Å². The molecule has 2 heterocycles. The Balaban J connectivity index is 1.32. The van der Waals surface area contributed by atoms with E-state index in [2.05, 4.69) is 30.6 Å². The van der Waals surface area contributed by atoms with Crippen LogP contribution in [0.2, 0.25) is 0 Å². The molecule has 8 heteroatoms. The third-order valence-corrected chi connectivity index (χ3v) is 8.28. The third kappa shape index (κ3) is 8.93. The molecule has 0 bridgehead atoms. The summed E-state index contributed by atoms with van der Waals surface area (Å²) < 4.78 is 24.4. The van der Waals surface area contributed by atoms with Gasteiger partial charge in [0.2, 0.25) is 5.91 Å². The fourth-order valence-electron chi connectivity index (χ4n) is 5.80. The summed E-state index contributed by atoms with van der Waals surface area (Å²) in [6.07, 6.45) is 4.54. The first kappa shape index (κ1) is 30.8. The van der Waals surface area contributed by atoms with Crippen molar-refractivity contribution in [3.63, 3.8) is 0 Å². The molecule has 4 rings (SSSR count). The molecule has 2 saturated heterocycles. The molecule has 41 heavy (non-hydrogen) atoms. The Bertz CT molecular complexity index is 1100. The minimum absolute atomic E-state index is 0.125. The molecule has 2 aromatic carbocycles. The van der Waals surface area contributed by atoms with E-state index in [-0.39, 0.29) is 29.9 Å². The highest BCUT2D eigenvalue weighted by Gasteiger charge is 2.34. The van der Waals surface area contributed by atoms with Crippen molar-refractivity contribution in [1.82, 2.24) is 14.7 Å². The number of cyclic esters (lactones) is 1. The van der Waals surface area contributed by atoms with Crippen molar-refractivity contribution in [2.45, 2.75) is 71.4 Å². The highest BCUT2D eigenvalue weighted by Crippen LogP contribution is 2.22. The number of nitrogens with zero attached hydrogens (tertiary/aromatic N) is 3. The van der Waals surface area contributed by atoms with Gasteiger partial charge in [-0.1, -0.05) is 45.0 Å². The lowest BCUT2D eigenvalue weighted by Crippen LogP contribution is -2.49. The van der Waals surface area contributed by atoms with Gasteiger partial charge in [-0.05, 0) is 80.0 Å². The zero-order chi connectivity index (χ0) is 29.2. The first-order valence-electron chi connectivity index (χ1n) is 15.3. The van der Waals surface area contributed by atoms with Crippen molar-refractivity contribution in [3.05, 3.63) is 65.5 Å². The van der Waals surface area contributed by atoms with E-state index in [1.54, 1.807) is 12.1 Å². The van der Waals surface area contributed by atoms with Crippen LogP contribution in [0, 0.1) is 11.7 Å². The topological polar surface area (TPSA) is 62.3 Å². The highest BCUT2D eigenvalue weighted by molar-refractivity contribution is 5.79. The van der Waals surface area contributed by atoms with Gasteiger partial charge in [0.25, 0.3) is 0 Å². The molecule has 0 aliphatic carbocycles. The molecule has 0 saturated carbocycles. The van der Waals surface area contributed by atoms with Gasteiger partial charge in [-0.25, -0.2) is 9.18 Å². The van der Waals surface area contributed by atoms with Crippen molar-refractivity contribution in [2.75, 3.05) is 45.9 Å². The maximum atomic E-state index is 13.6. The van der Waals surface area contributed by atoms with E-state index in [1.165, 1.54) is 12.1 Å². The first-order valence-corrected chi connectivity index (χ1v) is 15.3. The van der Waals surface area contributed by atoms with Crippen LogP contribution >= 0.6 is 0 Å². The SMILES string of the molecule is CCCOc1ccc(CC(=O)N(CCc2ccc(F)cc2)C2CCN(CCCN3C(=O)OCC3C(C)C)CC2)cc1. The van der Waals surface area contributed by atoms with Crippen molar-refractivity contribution >= 4 is 12.0 Å². The average molecular weight is 568 g/mol. The fraction of sp³-hybridized carbons (Fsp3) is 0.576. The quantitative estimate of drug-likeness (QED) is 0.299. The average Bonchev–Trinajstić information content (AvgIpc) is 3.35. The second-order valence-corrected chi connectivity index (χ2v) is 11.6. The van der Waals surface area contributed by atoms with Crippen LogP contribution in [0.15, 0.2) is 48.5 Å². The summed E-state index contributed by atoms with van der Waals surface area (Å²) in [6, 6.07) is 14.7. The van der Waals surface area contributed by atoms with E-state index in [0.717, 1.165) is 62.2 Å². The number of halogens is 1. The number of benzene rings is 2. The zero-order valence-electron chi connectivity index (χ0n) is 24.9. The maximum absolute atomic E-state index is 13.6. The molecule has 1 unspecified atom stereocenters. The second kappa shape index (κ2) is 15.2. The molecule has 7 nitrogen and oxygen atoms in total. The van der Waals surface area contributed by atoms with Gasteiger partial charge in [0.1, 0.15) is 18.2 Å². The van der Waals surface area contributed by atoms with E-state index in [1.807, 2.05) is 29.2 Å². The molecular formula is C33H46FN3O4. The zero-order valence-corrected chi connectivity index (χ0v) is 24.9. The lowest BCUT2D eigenvalue weighted by molar-refractivity contribution is -0.133.